The summed E-state index contributed by atoms with van der Waals surface area (Å²) in [6.45, 7) is 6.01. The van der Waals surface area contributed by atoms with Crippen molar-refractivity contribution in [3.05, 3.63) is 0 Å². The minimum atomic E-state index is -0.170. The second kappa shape index (κ2) is 8.25. The number of carbonyl (C=O) groups is 2. The average molecular weight is 379 g/mol. The van der Waals surface area contributed by atoms with Gasteiger partial charge in [-0.05, 0) is 45.4 Å². The number of hydrogen-bond donors (Lipinski definition) is 1. The van der Waals surface area contributed by atoms with E-state index in [1.54, 1.807) is 0 Å². The highest BCUT2D eigenvalue weighted by Gasteiger charge is 2.44. The Bertz CT molecular complexity index is 541. The summed E-state index contributed by atoms with van der Waals surface area (Å²) in [4.78, 5) is 31.0. The molecular formula is C20H34N4O3. The van der Waals surface area contributed by atoms with Crippen LogP contribution in [0.4, 0.5) is 9.59 Å². The maximum absolute atomic E-state index is 12.5. The number of nitrogens with one attached hydrogen (secondary N) is 1. The molecule has 3 heterocycles. The Labute approximate surface area is 162 Å². The smallest absolute Gasteiger partial charge is 0.409 e. The summed E-state index contributed by atoms with van der Waals surface area (Å²) in [5.74, 6) is 0. The summed E-state index contributed by atoms with van der Waals surface area (Å²) in [5.41, 5.74) is 0. The van der Waals surface area contributed by atoms with E-state index in [0.717, 1.165) is 64.7 Å². The summed E-state index contributed by atoms with van der Waals surface area (Å²) in [6, 6.07) is 1.95. The van der Waals surface area contributed by atoms with Crippen LogP contribution >= 0.6 is 0 Å². The van der Waals surface area contributed by atoms with Crippen molar-refractivity contribution in [1.82, 2.24) is 20.0 Å². The van der Waals surface area contributed by atoms with Gasteiger partial charge in [0.15, 0.2) is 0 Å². The lowest BCUT2D eigenvalue weighted by atomic mass is 9.89. The Morgan fingerprint density at radius 1 is 1.00 bits per heavy atom. The SMILES string of the molecule is CCOC(=O)N1CCC(N2CCC(N3C(=O)N[C@@H]4CCCC[C@H]43)CC2)CC1. The van der Waals surface area contributed by atoms with Crippen molar-refractivity contribution in [3.8, 4) is 0 Å². The molecule has 152 valence electrons. The van der Waals surface area contributed by atoms with Crippen molar-refractivity contribution < 1.29 is 14.3 Å². The fraction of sp³-hybridized carbons (Fsp3) is 0.900. The molecule has 3 amide bonds. The first-order valence-corrected chi connectivity index (χ1v) is 10.9. The number of ether oxygens (including phenoxy) is 1. The third-order valence-electron chi connectivity index (χ3n) is 7.03. The average Bonchev–Trinajstić information content (AvgIpc) is 3.04. The van der Waals surface area contributed by atoms with Gasteiger partial charge in [0, 0.05) is 38.3 Å². The molecule has 2 atom stereocenters. The fourth-order valence-electron chi connectivity index (χ4n) is 5.59. The quantitative estimate of drug-likeness (QED) is 0.819. The molecule has 4 rings (SSSR count). The molecule has 3 saturated heterocycles. The third-order valence-corrected chi connectivity index (χ3v) is 7.03. The number of amides is 3. The molecule has 7 nitrogen and oxygen atoms in total. The third kappa shape index (κ3) is 3.89. The first-order chi connectivity index (χ1) is 13.2. The summed E-state index contributed by atoms with van der Waals surface area (Å²) < 4.78 is 5.12. The molecule has 27 heavy (non-hydrogen) atoms. The van der Waals surface area contributed by atoms with Crippen LogP contribution < -0.4 is 5.32 Å². The van der Waals surface area contributed by atoms with Crippen molar-refractivity contribution in [1.29, 1.82) is 0 Å². The van der Waals surface area contributed by atoms with Gasteiger partial charge >= 0.3 is 12.1 Å². The summed E-state index contributed by atoms with van der Waals surface area (Å²) in [7, 11) is 0. The van der Waals surface area contributed by atoms with E-state index >= 15 is 0 Å². The van der Waals surface area contributed by atoms with Crippen LogP contribution in [0.2, 0.25) is 0 Å². The highest BCUT2D eigenvalue weighted by molar-refractivity contribution is 5.78. The lowest BCUT2D eigenvalue weighted by molar-refractivity contribution is 0.0490. The Hall–Kier alpha value is -1.50. The fourth-order valence-corrected chi connectivity index (χ4v) is 5.59. The monoisotopic (exact) mass is 378 g/mol. The van der Waals surface area contributed by atoms with Gasteiger partial charge in [-0.3, -0.25) is 0 Å². The van der Waals surface area contributed by atoms with Crippen LogP contribution in [0, 0.1) is 0 Å². The lowest BCUT2D eigenvalue weighted by Gasteiger charge is -2.44. The van der Waals surface area contributed by atoms with E-state index < -0.39 is 0 Å². The summed E-state index contributed by atoms with van der Waals surface area (Å²) >= 11 is 0. The number of nitrogens with zero attached hydrogens (tertiary/aromatic N) is 3. The largest absolute Gasteiger partial charge is 0.450 e. The van der Waals surface area contributed by atoms with E-state index in [-0.39, 0.29) is 12.1 Å². The number of hydrogen-bond acceptors (Lipinski definition) is 4. The topological polar surface area (TPSA) is 65.1 Å². The molecule has 1 saturated carbocycles. The molecule has 0 aromatic carbocycles. The number of likely N-dealkylation sites (tertiary alicyclic amines) is 2. The van der Waals surface area contributed by atoms with E-state index in [9.17, 15) is 9.59 Å². The van der Waals surface area contributed by atoms with Gasteiger partial charge in [-0.1, -0.05) is 12.8 Å². The maximum Gasteiger partial charge on any atom is 0.409 e. The van der Waals surface area contributed by atoms with Gasteiger partial charge in [0.2, 0.25) is 0 Å². The standard InChI is InChI=1S/C20H34N4O3/c1-2-27-20(26)23-13-7-15(8-14-23)22-11-9-16(10-12-22)24-18-6-4-3-5-17(18)21-19(24)25/h15-18H,2-14H2,1H3,(H,21,25)/t17-,18-/m1/s1. The van der Waals surface area contributed by atoms with Gasteiger partial charge < -0.3 is 24.8 Å². The van der Waals surface area contributed by atoms with E-state index in [0.29, 0.717) is 30.8 Å². The zero-order chi connectivity index (χ0) is 18.8. The number of piperidine rings is 2. The van der Waals surface area contributed by atoms with Crippen molar-refractivity contribution in [2.45, 2.75) is 82.5 Å². The second-order valence-corrected chi connectivity index (χ2v) is 8.50. The molecule has 1 N–H and O–H groups in total. The van der Waals surface area contributed by atoms with Crippen LogP contribution in [0.1, 0.15) is 58.3 Å². The van der Waals surface area contributed by atoms with Crippen molar-refractivity contribution in [2.75, 3.05) is 32.8 Å². The molecule has 0 spiro atoms. The number of carbonyl (C=O) groups excluding carboxylic acids is 2. The molecule has 1 aliphatic carbocycles. The molecule has 0 aromatic rings. The minimum Gasteiger partial charge on any atom is -0.450 e. The zero-order valence-electron chi connectivity index (χ0n) is 16.6. The second-order valence-electron chi connectivity index (χ2n) is 8.50. The minimum absolute atomic E-state index is 0.170. The number of urea groups is 1. The molecule has 0 unspecified atom stereocenters. The first-order valence-electron chi connectivity index (χ1n) is 10.9. The molecule has 4 aliphatic rings. The van der Waals surface area contributed by atoms with Gasteiger partial charge in [0.1, 0.15) is 0 Å². The van der Waals surface area contributed by atoms with Crippen LogP contribution in [0.3, 0.4) is 0 Å². The van der Waals surface area contributed by atoms with Gasteiger partial charge in [-0.25, -0.2) is 9.59 Å². The molecule has 3 aliphatic heterocycles. The maximum atomic E-state index is 12.5. The van der Waals surface area contributed by atoms with Gasteiger partial charge in [0.25, 0.3) is 0 Å². The van der Waals surface area contributed by atoms with E-state index in [1.807, 2.05) is 11.8 Å². The summed E-state index contributed by atoms with van der Waals surface area (Å²) in [6.07, 6.45) is 8.85. The van der Waals surface area contributed by atoms with Crippen molar-refractivity contribution in [2.24, 2.45) is 0 Å². The van der Waals surface area contributed by atoms with Crippen LogP contribution in [-0.4, -0.2) is 83.8 Å². The number of fused-ring (bicyclic) bond motifs is 1. The van der Waals surface area contributed by atoms with Crippen LogP contribution in [0.25, 0.3) is 0 Å². The number of rotatable bonds is 3. The molecule has 0 radical (unpaired) electrons. The predicted octanol–water partition coefficient (Wildman–Crippen LogP) is 2.41. The van der Waals surface area contributed by atoms with E-state index in [4.69, 9.17) is 4.74 Å². The molecule has 7 heteroatoms. The molecular weight excluding hydrogens is 344 g/mol. The lowest BCUT2D eigenvalue weighted by Crippen LogP contribution is -2.53. The first kappa shape index (κ1) is 18.8. The van der Waals surface area contributed by atoms with Crippen LogP contribution in [0.15, 0.2) is 0 Å². The van der Waals surface area contributed by atoms with Gasteiger partial charge in [0.05, 0.1) is 18.7 Å². The zero-order valence-corrected chi connectivity index (χ0v) is 16.6. The summed E-state index contributed by atoms with van der Waals surface area (Å²) in [5, 5.41) is 3.23. The van der Waals surface area contributed by atoms with E-state index in [1.165, 1.54) is 12.8 Å². The van der Waals surface area contributed by atoms with E-state index in [2.05, 4.69) is 15.1 Å². The Balaban J connectivity index is 1.26. The predicted molar refractivity (Wildman–Crippen MR) is 103 cm³/mol. The van der Waals surface area contributed by atoms with Crippen molar-refractivity contribution in [3.63, 3.8) is 0 Å². The normalized spacial score (nSPS) is 30.9. The molecule has 4 fully saturated rings. The molecule has 0 bridgehead atoms. The Kier molecular flexibility index (Phi) is 5.76. The highest BCUT2D eigenvalue weighted by atomic mass is 16.6. The highest BCUT2D eigenvalue weighted by Crippen LogP contribution is 2.33. The Morgan fingerprint density at radius 3 is 2.37 bits per heavy atom. The van der Waals surface area contributed by atoms with Crippen LogP contribution in [0.5, 0.6) is 0 Å². The van der Waals surface area contributed by atoms with Crippen LogP contribution in [-0.2, 0) is 4.74 Å². The van der Waals surface area contributed by atoms with Gasteiger partial charge in [-0.15, -0.1) is 0 Å². The Morgan fingerprint density at radius 2 is 1.67 bits per heavy atom. The van der Waals surface area contributed by atoms with Gasteiger partial charge in [-0.2, -0.15) is 0 Å². The van der Waals surface area contributed by atoms with Crippen molar-refractivity contribution >= 4 is 12.1 Å². The molecule has 0 aromatic heterocycles.